The number of nitrogens with zero attached hydrogens (tertiary/aromatic N) is 5. The lowest BCUT2D eigenvalue weighted by Crippen LogP contribution is -2.47. The maximum Gasteiger partial charge on any atom is 0.134 e. The summed E-state index contributed by atoms with van der Waals surface area (Å²) in [6, 6.07) is 8.70. The summed E-state index contributed by atoms with van der Waals surface area (Å²) >= 11 is 0. The van der Waals surface area contributed by atoms with Gasteiger partial charge in [-0.2, -0.15) is 0 Å². The second kappa shape index (κ2) is 7.50. The Morgan fingerprint density at radius 2 is 1.42 bits per heavy atom. The van der Waals surface area contributed by atoms with Crippen LogP contribution in [-0.2, 0) is 4.74 Å². The van der Waals surface area contributed by atoms with Crippen molar-refractivity contribution in [1.29, 1.82) is 0 Å². The van der Waals surface area contributed by atoms with E-state index in [0.717, 1.165) is 64.1 Å². The number of ether oxygens (including phenoxy) is 1. The average molecular weight is 353 g/mol. The smallest absolute Gasteiger partial charge is 0.134 e. The number of benzene rings is 1. The van der Waals surface area contributed by atoms with Gasteiger partial charge < -0.3 is 19.4 Å². The van der Waals surface area contributed by atoms with Crippen molar-refractivity contribution in [2.24, 2.45) is 0 Å². The minimum Gasteiger partial charge on any atom is -0.378 e. The predicted molar refractivity (Wildman–Crippen MR) is 105 cm³/mol. The Balaban J connectivity index is 1.44. The lowest BCUT2D eigenvalue weighted by molar-refractivity contribution is 0.122. The molecule has 0 saturated carbocycles. The van der Waals surface area contributed by atoms with Crippen molar-refractivity contribution in [2.75, 3.05) is 67.2 Å². The molecule has 26 heavy (non-hydrogen) atoms. The standard InChI is InChI=1S/C20H27N5O/c1-16-4-3-5-18(17(16)2)23-6-8-24(9-7-23)19-14-20(22-15-21-19)25-10-12-26-13-11-25/h3-5,14-15H,6-13H2,1-2H3. The van der Waals surface area contributed by atoms with E-state index >= 15 is 0 Å². The molecule has 0 amide bonds. The van der Waals surface area contributed by atoms with Crippen LogP contribution in [0.5, 0.6) is 0 Å². The van der Waals surface area contributed by atoms with E-state index in [2.05, 4.69) is 62.8 Å². The quantitative estimate of drug-likeness (QED) is 0.843. The van der Waals surface area contributed by atoms with Gasteiger partial charge in [0.15, 0.2) is 0 Å². The molecule has 2 saturated heterocycles. The molecule has 138 valence electrons. The maximum atomic E-state index is 5.44. The molecular weight excluding hydrogens is 326 g/mol. The number of morpholine rings is 1. The molecule has 2 fully saturated rings. The fraction of sp³-hybridized carbons (Fsp3) is 0.500. The van der Waals surface area contributed by atoms with Crippen molar-refractivity contribution in [3.05, 3.63) is 41.7 Å². The molecule has 2 aliphatic rings. The van der Waals surface area contributed by atoms with Gasteiger partial charge >= 0.3 is 0 Å². The second-order valence-electron chi connectivity index (χ2n) is 7.03. The summed E-state index contributed by atoms with van der Waals surface area (Å²) in [5.74, 6) is 2.04. The first-order chi connectivity index (χ1) is 12.7. The number of hydrogen-bond donors (Lipinski definition) is 0. The monoisotopic (exact) mass is 353 g/mol. The van der Waals surface area contributed by atoms with Crippen LogP contribution in [0.25, 0.3) is 0 Å². The number of piperazine rings is 1. The minimum atomic E-state index is 0.772. The van der Waals surface area contributed by atoms with Gasteiger partial charge in [0, 0.05) is 51.0 Å². The average Bonchev–Trinajstić information content (AvgIpc) is 2.71. The van der Waals surface area contributed by atoms with Crippen LogP contribution in [0.3, 0.4) is 0 Å². The summed E-state index contributed by atoms with van der Waals surface area (Å²) in [6.45, 7) is 11.7. The lowest BCUT2D eigenvalue weighted by atomic mass is 10.1. The Bertz CT molecular complexity index is 752. The summed E-state index contributed by atoms with van der Waals surface area (Å²) in [6.07, 6.45) is 1.69. The Labute approximate surface area is 155 Å². The van der Waals surface area contributed by atoms with Crippen LogP contribution in [0.2, 0.25) is 0 Å². The highest BCUT2D eigenvalue weighted by Gasteiger charge is 2.21. The zero-order chi connectivity index (χ0) is 17.9. The van der Waals surface area contributed by atoms with Gasteiger partial charge in [0.05, 0.1) is 13.2 Å². The zero-order valence-electron chi connectivity index (χ0n) is 15.7. The molecule has 0 spiro atoms. The number of aromatic nitrogens is 2. The van der Waals surface area contributed by atoms with Crippen molar-refractivity contribution in [3.8, 4) is 0 Å². The van der Waals surface area contributed by atoms with Gasteiger partial charge in [0.1, 0.15) is 18.0 Å². The number of anilines is 3. The lowest BCUT2D eigenvalue weighted by Gasteiger charge is -2.38. The number of rotatable bonds is 3. The van der Waals surface area contributed by atoms with E-state index in [1.54, 1.807) is 6.33 Å². The SMILES string of the molecule is Cc1cccc(N2CCN(c3cc(N4CCOCC4)ncn3)CC2)c1C. The molecule has 0 atom stereocenters. The second-order valence-corrected chi connectivity index (χ2v) is 7.03. The van der Waals surface area contributed by atoms with E-state index in [0.29, 0.717) is 0 Å². The van der Waals surface area contributed by atoms with Gasteiger partial charge in [-0.15, -0.1) is 0 Å². The summed E-state index contributed by atoms with van der Waals surface area (Å²) in [4.78, 5) is 16.1. The van der Waals surface area contributed by atoms with E-state index in [1.165, 1.54) is 16.8 Å². The summed E-state index contributed by atoms with van der Waals surface area (Å²) in [5.41, 5.74) is 4.11. The van der Waals surface area contributed by atoms with E-state index in [9.17, 15) is 0 Å². The van der Waals surface area contributed by atoms with Crippen molar-refractivity contribution in [2.45, 2.75) is 13.8 Å². The molecule has 0 N–H and O–H groups in total. The molecule has 0 bridgehead atoms. The minimum absolute atomic E-state index is 0.772. The third kappa shape index (κ3) is 3.46. The van der Waals surface area contributed by atoms with E-state index < -0.39 is 0 Å². The normalized spacial score (nSPS) is 18.3. The molecule has 2 aliphatic heterocycles. The highest BCUT2D eigenvalue weighted by Crippen LogP contribution is 2.25. The Morgan fingerprint density at radius 3 is 2.12 bits per heavy atom. The Hall–Kier alpha value is -2.34. The Kier molecular flexibility index (Phi) is 4.93. The molecule has 0 radical (unpaired) electrons. The molecular formula is C20H27N5O. The van der Waals surface area contributed by atoms with Gasteiger partial charge in [-0.1, -0.05) is 12.1 Å². The first-order valence-corrected chi connectivity index (χ1v) is 9.43. The fourth-order valence-electron chi connectivity index (χ4n) is 3.73. The van der Waals surface area contributed by atoms with Crippen molar-refractivity contribution < 1.29 is 4.74 Å². The number of aryl methyl sites for hydroxylation is 1. The predicted octanol–water partition coefficient (Wildman–Crippen LogP) is 2.26. The molecule has 0 aliphatic carbocycles. The molecule has 1 aromatic heterocycles. The van der Waals surface area contributed by atoms with Gasteiger partial charge in [0.25, 0.3) is 0 Å². The van der Waals surface area contributed by atoms with Gasteiger partial charge in [-0.05, 0) is 31.0 Å². The molecule has 6 nitrogen and oxygen atoms in total. The molecule has 6 heteroatoms. The van der Waals surface area contributed by atoms with Crippen LogP contribution in [0.1, 0.15) is 11.1 Å². The first-order valence-electron chi connectivity index (χ1n) is 9.43. The molecule has 2 aromatic rings. The maximum absolute atomic E-state index is 5.44. The largest absolute Gasteiger partial charge is 0.378 e. The van der Waals surface area contributed by atoms with Crippen LogP contribution in [0, 0.1) is 13.8 Å². The van der Waals surface area contributed by atoms with E-state index in [4.69, 9.17) is 4.74 Å². The summed E-state index contributed by atoms with van der Waals surface area (Å²) in [5, 5.41) is 0. The third-order valence-corrected chi connectivity index (χ3v) is 5.49. The van der Waals surface area contributed by atoms with Crippen LogP contribution < -0.4 is 14.7 Å². The summed E-state index contributed by atoms with van der Waals surface area (Å²) < 4.78 is 5.44. The molecule has 1 aromatic carbocycles. The van der Waals surface area contributed by atoms with Crippen molar-refractivity contribution in [1.82, 2.24) is 9.97 Å². The molecule has 0 unspecified atom stereocenters. The van der Waals surface area contributed by atoms with Crippen molar-refractivity contribution in [3.63, 3.8) is 0 Å². The first kappa shape index (κ1) is 17.1. The van der Waals surface area contributed by atoms with Crippen molar-refractivity contribution >= 4 is 17.3 Å². The van der Waals surface area contributed by atoms with Gasteiger partial charge in [-0.25, -0.2) is 9.97 Å². The van der Waals surface area contributed by atoms with Crippen LogP contribution in [0.15, 0.2) is 30.6 Å². The molecule has 3 heterocycles. The zero-order valence-corrected chi connectivity index (χ0v) is 15.7. The highest BCUT2D eigenvalue weighted by atomic mass is 16.5. The fourth-order valence-corrected chi connectivity index (χ4v) is 3.73. The van der Waals surface area contributed by atoms with Crippen LogP contribution in [0.4, 0.5) is 17.3 Å². The topological polar surface area (TPSA) is 44.7 Å². The molecule has 4 rings (SSSR count). The number of hydrogen-bond acceptors (Lipinski definition) is 6. The van der Waals surface area contributed by atoms with Crippen LogP contribution >= 0.6 is 0 Å². The van der Waals surface area contributed by atoms with E-state index in [1.807, 2.05) is 0 Å². The van der Waals surface area contributed by atoms with Gasteiger partial charge in [-0.3, -0.25) is 0 Å². The van der Waals surface area contributed by atoms with Crippen LogP contribution in [-0.4, -0.2) is 62.5 Å². The highest BCUT2D eigenvalue weighted by molar-refractivity contribution is 5.58. The summed E-state index contributed by atoms with van der Waals surface area (Å²) in [7, 11) is 0. The van der Waals surface area contributed by atoms with E-state index in [-0.39, 0.29) is 0 Å². The van der Waals surface area contributed by atoms with Gasteiger partial charge in [0.2, 0.25) is 0 Å². The Morgan fingerprint density at radius 1 is 0.808 bits per heavy atom. The third-order valence-electron chi connectivity index (χ3n) is 5.49.